The number of alkyl halides is 1. The molecule has 0 heterocycles. The summed E-state index contributed by atoms with van der Waals surface area (Å²) < 4.78 is 0.164. The van der Waals surface area contributed by atoms with Gasteiger partial charge in [-0.2, -0.15) is 0 Å². The van der Waals surface area contributed by atoms with Gasteiger partial charge >= 0.3 is 0 Å². The highest BCUT2D eigenvalue weighted by Crippen LogP contribution is 2.34. The number of rotatable bonds is 0. The van der Waals surface area contributed by atoms with Gasteiger partial charge in [0.1, 0.15) is 0 Å². The minimum absolute atomic E-state index is 0.164. The molecule has 0 nitrogen and oxygen atoms in total. The predicted octanol–water partition coefficient (Wildman–Crippen LogP) is 1.86. The first-order valence-electron chi connectivity index (χ1n) is 2.68. The predicted molar refractivity (Wildman–Crippen MR) is 41.0 cm³/mol. The van der Waals surface area contributed by atoms with Gasteiger partial charge in [0, 0.05) is 0 Å². The second-order valence-electron chi connectivity index (χ2n) is 2.24. The lowest BCUT2D eigenvalue weighted by Crippen LogP contribution is -2.13. The van der Waals surface area contributed by atoms with Crippen LogP contribution in [0.4, 0.5) is 0 Å². The van der Waals surface area contributed by atoms with Crippen molar-refractivity contribution in [2.24, 2.45) is 0 Å². The van der Waals surface area contributed by atoms with Crippen molar-refractivity contribution in [1.82, 2.24) is 0 Å². The monoisotopic (exact) mass is 206 g/mol. The molecule has 0 spiro atoms. The zero-order chi connectivity index (χ0) is 5.33. The fourth-order valence-corrected chi connectivity index (χ4v) is 1.73. The lowest BCUT2D eigenvalue weighted by molar-refractivity contribution is 0.865. The Bertz CT molecular complexity index is 62.5. The van der Waals surface area contributed by atoms with Gasteiger partial charge in [-0.25, -0.2) is 0 Å². The maximum absolute atomic E-state index is 5.76. The largest absolute Gasteiger partial charge is 0.0896 e. The van der Waals surface area contributed by atoms with Crippen molar-refractivity contribution < 1.29 is 0 Å². The standard InChI is InChI=1S/C5H8BI/c6-5(7)3-1-2-4-5/h1-4H2. The molecule has 0 aromatic heterocycles. The highest BCUT2D eigenvalue weighted by molar-refractivity contribution is 14.1. The lowest BCUT2D eigenvalue weighted by atomic mass is 9.86. The van der Waals surface area contributed by atoms with Crippen molar-refractivity contribution in [3.63, 3.8) is 0 Å². The quantitative estimate of drug-likeness (QED) is 0.322. The molecule has 0 bridgehead atoms. The smallest absolute Gasteiger partial charge is 0.0889 e. The Morgan fingerprint density at radius 2 is 1.71 bits per heavy atom. The van der Waals surface area contributed by atoms with Crippen molar-refractivity contribution >= 4 is 30.4 Å². The van der Waals surface area contributed by atoms with Gasteiger partial charge in [-0.05, 0) is 16.2 Å². The summed E-state index contributed by atoms with van der Waals surface area (Å²) in [7, 11) is 5.76. The number of hydrogen-bond acceptors (Lipinski definition) is 0. The van der Waals surface area contributed by atoms with Crippen molar-refractivity contribution in [2.75, 3.05) is 0 Å². The van der Waals surface area contributed by atoms with E-state index in [2.05, 4.69) is 22.6 Å². The van der Waals surface area contributed by atoms with Gasteiger partial charge in [0.05, 0.1) is 7.85 Å². The summed E-state index contributed by atoms with van der Waals surface area (Å²) in [6.45, 7) is 0. The van der Waals surface area contributed by atoms with Crippen LogP contribution >= 0.6 is 22.6 Å². The summed E-state index contributed by atoms with van der Waals surface area (Å²) in [6.07, 6.45) is 5.10. The molecule has 0 aliphatic heterocycles. The molecule has 0 aromatic carbocycles. The van der Waals surface area contributed by atoms with Gasteiger partial charge in [0.25, 0.3) is 0 Å². The maximum Gasteiger partial charge on any atom is 0.0889 e. The van der Waals surface area contributed by atoms with Gasteiger partial charge in [-0.15, -0.1) is 0 Å². The van der Waals surface area contributed by atoms with E-state index in [1.807, 2.05) is 0 Å². The Kier molecular flexibility index (Phi) is 1.66. The highest BCUT2D eigenvalue weighted by Gasteiger charge is 2.23. The van der Waals surface area contributed by atoms with Crippen molar-refractivity contribution in [2.45, 2.75) is 29.0 Å². The van der Waals surface area contributed by atoms with Crippen LogP contribution in [0.5, 0.6) is 0 Å². The first-order valence-corrected chi connectivity index (χ1v) is 3.76. The van der Waals surface area contributed by atoms with E-state index in [9.17, 15) is 0 Å². The van der Waals surface area contributed by atoms with Crippen LogP contribution in [0.25, 0.3) is 0 Å². The average molecular weight is 206 g/mol. The molecular formula is C5H8BI. The van der Waals surface area contributed by atoms with Gasteiger partial charge in [0.15, 0.2) is 0 Å². The summed E-state index contributed by atoms with van der Waals surface area (Å²) in [5, 5.41) is 0. The van der Waals surface area contributed by atoms with Gasteiger partial charge in [-0.1, -0.05) is 35.4 Å². The van der Waals surface area contributed by atoms with Crippen LogP contribution in [-0.2, 0) is 0 Å². The van der Waals surface area contributed by atoms with Gasteiger partial charge < -0.3 is 0 Å². The fourth-order valence-electron chi connectivity index (χ4n) is 0.963. The van der Waals surface area contributed by atoms with Gasteiger partial charge in [-0.3, -0.25) is 0 Å². The van der Waals surface area contributed by atoms with E-state index < -0.39 is 0 Å². The fraction of sp³-hybridized carbons (Fsp3) is 1.00. The Morgan fingerprint density at radius 1 is 1.29 bits per heavy atom. The second kappa shape index (κ2) is 1.96. The Balaban J connectivity index is 2.40. The third-order valence-corrected chi connectivity index (χ3v) is 2.51. The molecule has 1 aliphatic rings. The number of halogens is 1. The van der Waals surface area contributed by atoms with Crippen LogP contribution in [0.1, 0.15) is 25.7 Å². The average Bonchev–Trinajstić information content (AvgIpc) is 1.84. The topological polar surface area (TPSA) is 0 Å². The molecule has 0 aromatic rings. The molecule has 1 fully saturated rings. The number of hydrogen-bond donors (Lipinski definition) is 0. The van der Waals surface area contributed by atoms with Crippen LogP contribution in [0, 0.1) is 0 Å². The molecule has 0 atom stereocenters. The Labute approximate surface area is 59.6 Å². The molecule has 38 valence electrons. The van der Waals surface area contributed by atoms with Gasteiger partial charge in [0.2, 0.25) is 0 Å². The highest BCUT2D eigenvalue weighted by atomic mass is 127. The molecule has 0 saturated heterocycles. The molecule has 1 saturated carbocycles. The zero-order valence-electron chi connectivity index (χ0n) is 4.28. The van der Waals surface area contributed by atoms with E-state index in [1.165, 1.54) is 25.7 Å². The lowest BCUT2D eigenvalue weighted by Gasteiger charge is -2.11. The molecule has 0 N–H and O–H groups in total. The molecule has 2 heteroatoms. The van der Waals surface area contributed by atoms with Crippen molar-refractivity contribution in [1.29, 1.82) is 0 Å². The summed E-state index contributed by atoms with van der Waals surface area (Å²) in [6, 6.07) is 0. The molecule has 0 amide bonds. The summed E-state index contributed by atoms with van der Waals surface area (Å²) in [5.41, 5.74) is 0. The van der Waals surface area contributed by atoms with E-state index in [4.69, 9.17) is 7.85 Å². The minimum atomic E-state index is 0.164. The van der Waals surface area contributed by atoms with Crippen LogP contribution in [0.3, 0.4) is 0 Å². The summed E-state index contributed by atoms with van der Waals surface area (Å²) in [5.74, 6) is 0. The van der Waals surface area contributed by atoms with Crippen molar-refractivity contribution in [3.05, 3.63) is 0 Å². The van der Waals surface area contributed by atoms with E-state index in [0.29, 0.717) is 0 Å². The first kappa shape index (κ1) is 5.92. The molecule has 7 heavy (non-hydrogen) atoms. The van der Waals surface area contributed by atoms with E-state index >= 15 is 0 Å². The molecule has 1 aliphatic carbocycles. The van der Waals surface area contributed by atoms with Crippen LogP contribution in [0.15, 0.2) is 0 Å². The summed E-state index contributed by atoms with van der Waals surface area (Å²) >= 11 is 2.34. The van der Waals surface area contributed by atoms with Crippen LogP contribution in [-0.4, -0.2) is 11.2 Å². The minimum Gasteiger partial charge on any atom is -0.0896 e. The first-order chi connectivity index (χ1) is 3.21. The SMILES string of the molecule is [B]C1(I)CCCC1. The molecule has 0 unspecified atom stereocenters. The van der Waals surface area contributed by atoms with E-state index in [0.717, 1.165) is 0 Å². The summed E-state index contributed by atoms with van der Waals surface area (Å²) in [4.78, 5) is 0. The normalized spacial score (nSPS) is 28.1. The Hall–Kier alpha value is 0.795. The van der Waals surface area contributed by atoms with Crippen molar-refractivity contribution in [3.8, 4) is 0 Å². The van der Waals surface area contributed by atoms with E-state index in [-0.39, 0.29) is 3.32 Å². The molecular weight excluding hydrogens is 198 g/mol. The molecule has 2 radical (unpaired) electrons. The third-order valence-electron chi connectivity index (χ3n) is 1.43. The second-order valence-corrected chi connectivity index (χ2v) is 4.39. The van der Waals surface area contributed by atoms with E-state index in [1.54, 1.807) is 0 Å². The Morgan fingerprint density at radius 3 is 1.86 bits per heavy atom. The third kappa shape index (κ3) is 1.63. The van der Waals surface area contributed by atoms with Crippen LogP contribution in [0.2, 0.25) is 0 Å². The maximum atomic E-state index is 5.76. The molecule has 1 rings (SSSR count). The zero-order valence-corrected chi connectivity index (χ0v) is 6.44. The van der Waals surface area contributed by atoms with Crippen LogP contribution < -0.4 is 0 Å².